The molecule has 5 nitrogen and oxygen atoms in total. The summed E-state index contributed by atoms with van der Waals surface area (Å²) in [6.45, 7) is 2.40. The fourth-order valence-corrected chi connectivity index (χ4v) is 3.76. The van der Waals surface area contributed by atoms with Crippen LogP contribution in [-0.2, 0) is 9.53 Å². The molecule has 2 atom stereocenters. The van der Waals surface area contributed by atoms with Crippen molar-refractivity contribution in [2.45, 2.75) is 38.3 Å². The molecule has 1 aliphatic rings. The Kier molecular flexibility index (Phi) is 8.89. The lowest BCUT2D eigenvalue weighted by Crippen LogP contribution is -2.43. The molecular weight excluding hydrogens is 457 g/mol. The maximum absolute atomic E-state index is 13.9. The zero-order valence-electron chi connectivity index (χ0n) is 19.3. The summed E-state index contributed by atoms with van der Waals surface area (Å²) in [6, 6.07) is 18.3. The molecule has 8 heteroatoms. The van der Waals surface area contributed by atoms with Crippen molar-refractivity contribution in [1.29, 1.82) is 0 Å². The number of rotatable bonds is 6. The number of nitrogens with two attached hydrogens (primary N) is 1. The fourth-order valence-electron chi connectivity index (χ4n) is 3.76. The van der Waals surface area contributed by atoms with Crippen LogP contribution in [0.25, 0.3) is 11.1 Å². The van der Waals surface area contributed by atoms with Crippen molar-refractivity contribution in [3.63, 3.8) is 0 Å². The second-order valence-electron chi connectivity index (χ2n) is 8.21. The number of benzene rings is 3. The van der Waals surface area contributed by atoms with E-state index in [1.165, 1.54) is 24.3 Å². The first-order valence-electron chi connectivity index (χ1n) is 11.3. The van der Waals surface area contributed by atoms with E-state index in [1.54, 1.807) is 35.2 Å². The number of carbonyl (C=O) groups is 2. The SMILES string of the molecule is CC(c1ccc(-c2ccc(F)cc2F)cc1)N1CCC(CCC(N)=O)OC1=O.Fc1ccccc1. The lowest BCUT2D eigenvalue weighted by molar-refractivity contribution is -0.118. The minimum absolute atomic E-state index is 0.178. The molecule has 1 heterocycles. The number of ether oxygens (including phenoxy) is 1. The topological polar surface area (TPSA) is 72.6 Å². The number of amides is 2. The summed E-state index contributed by atoms with van der Waals surface area (Å²) >= 11 is 0. The van der Waals surface area contributed by atoms with Gasteiger partial charge in [-0.25, -0.2) is 18.0 Å². The van der Waals surface area contributed by atoms with Crippen LogP contribution in [0.2, 0.25) is 0 Å². The number of hydrogen-bond donors (Lipinski definition) is 1. The van der Waals surface area contributed by atoms with Crippen LogP contribution < -0.4 is 5.73 Å². The zero-order chi connectivity index (χ0) is 25.4. The van der Waals surface area contributed by atoms with Gasteiger partial charge in [0.1, 0.15) is 23.6 Å². The average Bonchev–Trinajstić information content (AvgIpc) is 2.83. The Balaban J connectivity index is 0.000000420. The molecule has 0 radical (unpaired) electrons. The summed E-state index contributed by atoms with van der Waals surface area (Å²) in [6.07, 6.45) is 0.521. The van der Waals surface area contributed by atoms with Crippen LogP contribution in [0.1, 0.15) is 37.8 Å². The minimum Gasteiger partial charge on any atom is -0.446 e. The lowest BCUT2D eigenvalue weighted by atomic mass is 9.99. The monoisotopic (exact) mass is 484 g/mol. The van der Waals surface area contributed by atoms with Crippen LogP contribution >= 0.6 is 0 Å². The second kappa shape index (κ2) is 12.1. The van der Waals surface area contributed by atoms with Crippen molar-refractivity contribution in [1.82, 2.24) is 4.90 Å². The van der Waals surface area contributed by atoms with Crippen LogP contribution in [-0.4, -0.2) is 29.5 Å². The maximum atomic E-state index is 13.9. The Morgan fingerprint density at radius 1 is 1.03 bits per heavy atom. The van der Waals surface area contributed by atoms with E-state index in [1.807, 2.05) is 19.1 Å². The molecule has 0 aliphatic carbocycles. The summed E-state index contributed by atoms with van der Waals surface area (Å²) in [4.78, 5) is 24.8. The van der Waals surface area contributed by atoms with E-state index >= 15 is 0 Å². The molecule has 3 aromatic carbocycles. The lowest BCUT2D eigenvalue weighted by Gasteiger charge is -2.35. The maximum Gasteiger partial charge on any atom is 0.410 e. The highest BCUT2D eigenvalue weighted by molar-refractivity contribution is 5.74. The van der Waals surface area contributed by atoms with Crippen LogP contribution in [0.3, 0.4) is 0 Å². The van der Waals surface area contributed by atoms with Gasteiger partial charge in [-0.1, -0.05) is 42.5 Å². The molecule has 0 saturated carbocycles. The first-order valence-corrected chi connectivity index (χ1v) is 11.3. The predicted molar refractivity (Wildman–Crippen MR) is 127 cm³/mol. The Hall–Kier alpha value is -3.81. The first kappa shape index (κ1) is 25.8. The molecule has 0 spiro atoms. The molecule has 2 amide bonds. The molecule has 2 N–H and O–H groups in total. The number of nitrogens with zero attached hydrogens (tertiary/aromatic N) is 1. The highest BCUT2D eigenvalue weighted by Gasteiger charge is 2.31. The molecule has 4 rings (SSSR count). The first-order chi connectivity index (χ1) is 16.7. The average molecular weight is 485 g/mol. The van der Waals surface area contributed by atoms with Gasteiger partial charge in [0.2, 0.25) is 5.91 Å². The van der Waals surface area contributed by atoms with Crippen molar-refractivity contribution in [2.75, 3.05) is 6.54 Å². The summed E-state index contributed by atoms with van der Waals surface area (Å²) < 4.78 is 44.3. The van der Waals surface area contributed by atoms with Crippen molar-refractivity contribution in [2.24, 2.45) is 5.73 Å². The van der Waals surface area contributed by atoms with Crippen LogP contribution in [0.4, 0.5) is 18.0 Å². The highest BCUT2D eigenvalue weighted by Crippen LogP contribution is 2.29. The van der Waals surface area contributed by atoms with E-state index in [2.05, 4.69) is 0 Å². The third-order valence-electron chi connectivity index (χ3n) is 5.74. The smallest absolute Gasteiger partial charge is 0.410 e. The van der Waals surface area contributed by atoms with E-state index in [0.29, 0.717) is 30.5 Å². The Bertz CT molecular complexity index is 1140. The van der Waals surface area contributed by atoms with Gasteiger partial charge in [0.25, 0.3) is 0 Å². The molecule has 3 aromatic rings. The zero-order valence-corrected chi connectivity index (χ0v) is 19.3. The molecule has 1 aliphatic heterocycles. The quantitative estimate of drug-likeness (QED) is 0.467. The van der Waals surface area contributed by atoms with Crippen LogP contribution in [0.15, 0.2) is 72.8 Å². The summed E-state index contributed by atoms with van der Waals surface area (Å²) in [5, 5.41) is 0. The Labute approximate surface area is 202 Å². The molecule has 2 unspecified atom stereocenters. The van der Waals surface area contributed by atoms with Gasteiger partial charge in [-0.15, -0.1) is 0 Å². The molecule has 1 fully saturated rings. The third-order valence-corrected chi connectivity index (χ3v) is 5.74. The van der Waals surface area contributed by atoms with Crippen LogP contribution in [0, 0.1) is 17.5 Å². The Morgan fingerprint density at radius 2 is 1.71 bits per heavy atom. The highest BCUT2D eigenvalue weighted by atomic mass is 19.1. The number of primary amides is 1. The molecule has 1 saturated heterocycles. The molecular formula is C27H27F3N2O3. The van der Waals surface area contributed by atoms with Crippen molar-refractivity contribution < 1.29 is 27.5 Å². The van der Waals surface area contributed by atoms with E-state index < -0.39 is 23.6 Å². The molecule has 0 bridgehead atoms. The summed E-state index contributed by atoms with van der Waals surface area (Å²) in [5.74, 6) is -1.83. The van der Waals surface area contributed by atoms with Gasteiger partial charge in [-0.2, -0.15) is 0 Å². The fraction of sp³-hybridized carbons (Fsp3) is 0.259. The second-order valence-corrected chi connectivity index (χ2v) is 8.21. The normalized spacial score (nSPS) is 16.1. The standard InChI is InChI=1S/C21H22F2N2O3.C6H5F/c1-13(25-11-10-17(28-21(25)27)7-9-20(24)26)14-2-4-15(5-3-14)18-8-6-16(22)12-19(18)23;7-6-4-2-1-3-5-6/h2-6,8,12-13,17H,7,9-11H2,1H3,(H2,24,26);1-5H. The predicted octanol–water partition coefficient (Wildman–Crippen LogP) is 5.99. The van der Waals surface area contributed by atoms with E-state index in [0.717, 1.165) is 11.6 Å². The largest absolute Gasteiger partial charge is 0.446 e. The van der Waals surface area contributed by atoms with E-state index in [9.17, 15) is 22.8 Å². The Morgan fingerprint density at radius 3 is 2.26 bits per heavy atom. The van der Waals surface area contributed by atoms with Gasteiger partial charge in [-0.3, -0.25) is 4.79 Å². The van der Waals surface area contributed by atoms with Gasteiger partial charge < -0.3 is 15.4 Å². The number of carbonyl (C=O) groups excluding carboxylic acids is 2. The van der Waals surface area contributed by atoms with E-state index in [4.69, 9.17) is 10.5 Å². The molecule has 0 aromatic heterocycles. The van der Waals surface area contributed by atoms with Crippen molar-refractivity contribution in [3.05, 3.63) is 95.8 Å². The van der Waals surface area contributed by atoms with Gasteiger partial charge >= 0.3 is 6.09 Å². The number of hydrogen-bond acceptors (Lipinski definition) is 3. The van der Waals surface area contributed by atoms with Gasteiger partial charge in [-0.05, 0) is 48.7 Å². The van der Waals surface area contributed by atoms with Crippen molar-refractivity contribution >= 4 is 12.0 Å². The molecule has 35 heavy (non-hydrogen) atoms. The third kappa shape index (κ3) is 7.34. The van der Waals surface area contributed by atoms with Gasteiger partial charge in [0, 0.05) is 31.0 Å². The van der Waals surface area contributed by atoms with Crippen LogP contribution in [0.5, 0.6) is 0 Å². The molecule has 184 valence electrons. The summed E-state index contributed by atoms with van der Waals surface area (Å²) in [7, 11) is 0. The number of halogens is 3. The van der Waals surface area contributed by atoms with Crippen molar-refractivity contribution in [3.8, 4) is 11.1 Å². The van der Waals surface area contributed by atoms with Gasteiger partial charge in [0.15, 0.2) is 0 Å². The minimum atomic E-state index is -0.623. The summed E-state index contributed by atoms with van der Waals surface area (Å²) in [5.41, 5.74) is 6.95. The van der Waals surface area contributed by atoms with Gasteiger partial charge in [0.05, 0.1) is 6.04 Å². The van der Waals surface area contributed by atoms with E-state index in [-0.39, 0.29) is 24.4 Å². The number of cyclic esters (lactones) is 1.